The highest BCUT2D eigenvalue weighted by Gasteiger charge is 2.18. The van der Waals surface area contributed by atoms with E-state index in [1.807, 2.05) is 24.3 Å². The SMILES string of the molecule is O=C(NC1CC[NH2+]CC1)c1cccc(-c2nc3cc(Cl)ncc3s2)c1. The maximum Gasteiger partial charge on any atom is 0.251 e. The number of nitrogens with two attached hydrogens (primary N) is 1. The third kappa shape index (κ3) is 3.66. The second kappa shape index (κ2) is 7.07. The van der Waals surface area contributed by atoms with E-state index in [0.29, 0.717) is 10.7 Å². The monoisotopic (exact) mass is 373 g/mol. The van der Waals surface area contributed by atoms with E-state index in [9.17, 15) is 4.79 Å². The number of hydrogen-bond acceptors (Lipinski definition) is 4. The molecule has 3 heterocycles. The van der Waals surface area contributed by atoms with Gasteiger partial charge in [0.25, 0.3) is 5.91 Å². The summed E-state index contributed by atoms with van der Waals surface area (Å²) < 4.78 is 0.979. The highest BCUT2D eigenvalue weighted by atomic mass is 35.5. The molecule has 0 atom stereocenters. The van der Waals surface area contributed by atoms with Gasteiger partial charge < -0.3 is 10.6 Å². The maximum atomic E-state index is 12.5. The molecular weight excluding hydrogens is 356 g/mol. The molecule has 0 aliphatic carbocycles. The highest BCUT2D eigenvalue weighted by Crippen LogP contribution is 2.31. The normalized spacial score (nSPS) is 15.4. The summed E-state index contributed by atoms with van der Waals surface area (Å²) in [5.74, 6) is -0.0143. The number of rotatable bonds is 3. The van der Waals surface area contributed by atoms with Crippen molar-refractivity contribution in [2.24, 2.45) is 0 Å². The van der Waals surface area contributed by atoms with Crippen molar-refractivity contribution in [1.82, 2.24) is 15.3 Å². The Balaban J connectivity index is 1.58. The first-order chi connectivity index (χ1) is 12.2. The van der Waals surface area contributed by atoms with Gasteiger partial charge in [-0.1, -0.05) is 23.7 Å². The molecule has 128 valence electrons. The van der Waals surface area contributed by atoms with Gasteiger partial charge in [0, 0.05) is 42.3 Å². The molecule has 25 heavy (non-hydrogen) atoms. The second-order valence-corrected chi connectivity index (χ2v) is 7.61. The van der Waals surface area contributed by atoms with E-state index >= 15 is 0 Å². The van der Waals surface area contributed by atoms with Crippen molar-refractivity contribution in [2.75, 3.05) is 13.1 Å². The largest absolute Gasteiger partial charge is 0.349 e. The first-order valence-corrected chi connectivity index (χ1v) is 9.53. The van der Waals surface area contributed by atoms with Crippen LogP contribution >= 0.6 is 22.9 Å². The fraction of sp³-hybridized carbons (Fsp3) is 0.278. The number of amides is 1. The molecule has 4 rings (SSSR count). The van der Waals surface area contributed by atoms with E-state index in [1.54, 1.807) is 23.6 Å². The van der Waals surface area contributed by atoms with Gasteiger partial charge in [-0.05, 0) is 12.1 Å². The summed E-state index contributed by atoms with van der Waals surface area (Å²) >= 11 is 7.48. The van der Waals surface area contributed by atoms with Crippen molar-refractivity contribution in [2.45, 2.75) is 18.9 Å². The molecule has 0 radical (unpaired) electrons. The lowest BCUT2D eigenvalue weighted by atomic mass is 10.1. The molecule has 1 fully saturated rings. The fourth-order valence-electron chi connectivity index (χ4n) is 3.07. The molecule has 7 heteroatoms. The Kier molecular flexibility index (Phi) is 4.65. The smallest absolute Gasteiger partial charge is 0.251 e. The van der Waals surface area contributed by atoms with Gasteiger partial charge in [0.05, 0.1) is 23.3 Å². The number of aromatic nitrogens is 2. The molecule has 5 nitrogen and oxygen atoms in total. The number of pyridine rings is 1. The van der Waals surface area contributed by atoms with Crippen LogP contribution in [0.15, 0.2) is 36.5 Å². The Labute approximate surface area is 154 Å². The van der Waals surface area contributed by atoms with E-state index < -0.39 is 0 Å². The third-order valence-electron chi connectivity index (χ3n) is 4.39. The maximum absolute atomic E-state index is 12.5. The summed E-state index contributed by atoms with van der Waals surface area (Å²) in [6.45, 7) is 2.15. The number of benzene rings is 1. The van der Waals surface area contributed by atoms with Gasteiger partial charge in [-0.15, -0.1) is 11.3 Å². The van der Waals surface area contributed by atoms with Crippen LogP contribution in [0.5, 0.6) is 0 Å². The number of piperidine rings is 1. The molecule has 3 N–H and O–H groups in total. The van der Waals surface area contributed by atoms with Crippen molar-refractivity contribution in [3.63, 3.8) is 0 Å². The standard InChI is InChI=1S/C18H17ClN4OS/c19-16-9-14-15(10-21-16)25-18(23-14)12-3-1-2-11(8-12)17(24)22-13-4-6-20-7-5-13/h1-3,8-10,13,20H,4-7H2,(H,22,24)/p+1. The molecule has 0 bridgehead atoms. The Morgan fingerprint density at radius 3 is 2.96 bits per heavy atom. The number of halogens is 1. The molecule has 0 unspecified atom stereocenters. The lowest BCUT2D eigenvalue weighted by Crippen LogP contribution is -2.87. The van der Waals surface area contributed by atoms with Gasteiger partial charge in [-0.25, -0.2) is 9.97 Å². The van der Waals surface area contributed by atoms with Crippen molar-refractivity contribution < 1.29 is 10.1 Å². The minimum Gasteiger partial charge on any atom is -0.349 e. The summed E-state index contributed by atoms with van der Waals surface area (Å²) in [7, 11) is 0. The van der Waals surface area contributed by atoms with E-state index in [-0.39, 0.29) is 11.9 Å². The minimum atomic E-state index is -0.0143. The van der Waals surface area contributed by atoms with Gasteiger partial charge in [-0.2, -0.15) is 0 Å². The Bertz CT molecular complexity index is 920. The summed E-state index contributed by atoms with van der Waals surface area (Å²) in [5.41, 5.74) is 2.43. The Morgan fingerprint density at radius 1 is 1.28 bits per heavy atom. The molecule has 1 aromatic carbocycles. The second-order valence-electron chi connectivity index (χ2n) is 6.19. The van der Waals surface area contributed by atoms with E-state index in [0.717, 1.165) is 46.7 Å². The third-order valence-corrected chi connectivity index (χ3v) is 5.65. The van der Waals surface area contributed by atoms with Crippen LogP contribution in [-0.4, -0.2) is 35.0 Å². The molecule has 1 aliphatic rings. The van der Waals surface area contributed by atoms with Crippen LogP contribution < -0.4 is 10.6 Å². The predicted octanol–water partition coefficient (Wildman–Crippen LogP) is 2.47. The zero-order valence-corrected chi connectivity index (χ0v) is 15.1. The van der Waals surface area contributed by atoms with E-state index in [4.69, 9.17) is 11.6 Å². The summed E-state index contributed by atoms with van der Waals surface area (Å²) in [4.78, 5) is 21.3. The highest BCUT2D eigenvalue weighted by molar-refractivity contribution is 7.21. The average Bonchev–Trinajstić information content (AvgIpc) is 3.06. The molecular formula is C18H18ClN4OS+. The number of fused-ring (bicyclic) bond motifs is 1. The van der Waals surface area contributed by atoms with Crippen LogP contribution in [0.4, 0.5) is 0 Å². The van der Waals surface area contributed by atoms with Crippen LogP contribution in [0.1, 0.15) is 23.2 Å². The lowest BCUT2D eigenvalue weighted by Gasteiger charge is -2.21. The van der Waals surface area contributed by atoms with Crippen LogP contribution in [0, 0.1) is 0 Å². The first kappa shape index (κ1) is 16.4. The Hall–Kier alpha value is -2.02. The molecule has 0 spiro atoms. The van der Waals surface area contributed by atoms with Gasteiger partial charge in [-0.3, -0.25) is 4.79 Å². The summed E-state index contributed by atoms with van der Waals surface area (Å²) in [5, 5.41) is 6.73. The van der Waals surface area contributed by atoms with Crippen molar-refractivity contribution in [1.29, 1.82) is 0 Å². The molecule has 2 aromatic heterocycles. The quantitative estimate of drug-likeness (QED) is 0.693. The number of carbonyl (C=O) groups is 1. The summed E-state index contributed by atoms with van der Waals surface area (Å²) in [6, 6.07) is 9.65. The molecule has 0 saturated carbocycles. The van der Waals surface area contributed by atoms with Crippen LogP contribution in [0.2, 0.25) is 5.15 Å². The fourth-order valence-corrected chi connectivity index (χ4v) is 4.13. The lowest BCUT2D eigenvalue weighted by molar-refractivity contribution is -0.663. The molecule has 1 saturated heterocycles. The summed E-state index contributed by atoms with van der Waals surface area (Å²) in [6.07, 6.45) is 3.78. The number of quaternary nitrogens is 1. The van der Waals surface area contributed by atoms with Gasteiger partial charge in [0.1, 0.15) is 10.2 Å². The van der Waals surface area contributed by atoms with Crippen molar-refractivity contribution in [3.8, 4) is 10.6 Å². The van der Waals surface area contributed by atoms with Gasteiger partial charge in [0.2, 0.25) is 0 Å². The number of nitrogens with one attached hydrogen (secondary N) is 1. The number of nitrogens with zero attached hydrogens (tertiary/aromatic N) is 2. The molecule has 3 aromatic rings. The average molecular weight is 374 g/mol. The zero-order valence-electron chi connectivity index (χ0n) is 13.5. The Morgan fingerprint density at radius 2 is 2.12 bits per heavy atom. The van der Waals surface area contributed by atoms with Crippen LogP contribution in [0.3, 0.4) is 0 Å². The van der Waals surface area contributed by atoms with E-state index in [2.05, 4.69) is 20.6 Å². The molecule has 1 aliphatic heterocycles. The number of hydrogen-bond donors (Lipinski definition) is 2. The van der Waals surface area contributed by atoms with Crippen LogP contribution in [-0.2, 0) is 0 Å². The van der Waals surface area contributed by atoms with E-state index in [1.165, 1.54) is 0 Å². The molecule has 1 amide bonds. The minimum absolute atomic E-state index is 0.0143. The first-order valence-electron chi connectivity index (χ1n) is 8.34. The number of thiazole rings is 1. The predicted molar refractivity (Wildman–Crippen MR) is 100 cm³/mol. The number of carbonyl (C=O) groups excluding carboxylic acids is 1. The van der Waals surface area contributed by atoms with Gasteiger partial charge in [0.15, 0.2) is 0 Å². The van der Waals surface area contributed by atoms with Crippen molar-refractivity contribution in [3.05, 3.63) is 47.2 Å². The zero-order chi connectivity index (χ0) is 17.2. The topological polar surface area (TPSA) is 71.5 Å². The van der Waals surface area contributed by atoms with Crippen molar-refractivity contribution >= 4 is 39.1 Å². The van der Waals surface area contributed by atoms with Gasteiger partial charge >= 0.3 is 0 Å². The van der Waals surface area contributed by atoms with Crippen LogP contribution in [0.25, 0.3) is 20.8 Å².